The second-order valence-electron chi connectivity index (χ2n) is 4.24. The smallest absolute Gasteiger partial charge is 0.311 e. The van der Waals surface area contributed by atoms with Crippen LogP contribution in [-0.2, 0) is 0 Å². The molecule has 6 heteroatoms. The number of anilines is 1. The third-order valence-electron chi connectivity index (χ3n) is 2.66. The van der Waals surface area contributed by atoms with E-state index in [-0.39, 0.29) is 11.4 Å². The first kappa shape index (κ1) is 13.5. The summed E-state index contributed by atoms with van der Waals surface area (Å²) in [6, 6.07) is 11.7. The normalized spacial score (nSPS) is 10.7. The van der Waals surface area contributed by atoms with E-state index in [0.717, 1.165) is 11.3 Å². The number of nitro benzene ring substituents is 1. The Labute approximate surface area is 115 Å². The molecule has 0 spiro atoms. The van der Waals surface area contributed by atoms with E-state index >= 15 is 0 Å². The average Bonchev–Trinajstić information content (AvgIpc) is 2.42. The van der Waals surface area contributed by atoms with Gasteiger partial charge < -0.3 is 5.11 Å². The number of hydrogen-bond donors (Lipinski definition) is 2. The summed E-state index contributed by atoms with van der Waals surface area (Å²) in [5, 5.41) is 24.0. The Bertz CT molecular complexity index is 651. The maximum absolute atomic E-state index is 10.7. The summed E-state index contributed by atoms with van der Waals surface area (Å²) < 4.78 is 0. The summed E-state index contributed by atoms with van der Waals surface area (Å²) in [5.41, 5.74) is 4.97. The molecular weight excluding hydrogens is 258 g/mol. The summed E-state index contributed by atoms with van der Waals surface area (Å²) in [4.78, 5) is 10.0. The van der Waals surface area contributed by atoms with E-state index in [0.29, 0.717) is 5.56 Å². The minimum Gasteiger partial charge on any atom is -0.502 e. The highest BCUT2D eigenvalue weighted by atomic mass is 16.6. The standard InChI is InChI=1S/C14H13N3O3/c1-10-2-5-12(6-3-10)16-15-9-11-4-7-14(18)13(8-11)17(19)20/h2-9,16,18H,1H3. The highest BCUT2D eigenvalue weighted by Crippen LogP contribution is 2.25. The van der Waals surface area contributed by atoms with E-state index in [1.165, 1.54) is 18.3 Å². The van der Waals surface area contributed by atoms with Crippen molar-refractivity contribution in [2.75, 3.05) is 5.43 Å². The monoisotopic (exact) mass is 271 g/mol. The summed E-state index contributed by atoms with van der Waals surface area (Å²) >= 11 is 0. The number of phenolic OH excluding ortho intramolecular Hbond substituents is 1. The van der Waals surface area contributed by atoms with Crippen molar-refractivity contribution >= 4 is 17.6 Å². The molecule has 0 aliphatic carbocycles. The summed E-state index contributed by atoms with van der Waals surface area (Å²) in [6.07, 6.45) is 1.45. The molecule has 0 fully saturated rings. The van der Waals surface area contributed by atoms with Crippen LogP contribution in [0, 0.1) is 17.0 Å². The molecule has 0 aliphatic heterocycles. The van der Waals surface area contributed by atoms with Crippen LogP contribution in [0.1, 0.15) is 11.1 Å². The van der Waals surface area contributed by atoms with Crippen LogP contribution in [-0.4, -0.2) is 16.2 Å². The van der Waals surface area contributed by atoms with Crippen molar-refractivity contribution < 1.29 is 10.0 Å². The number of nitrogens with one attached hydrogen (secondary N) is 1. The van der Waals surface area contributed by atoms with Crippen LogP contribution in [0.2, 0.25) is 0 Å². The van der Waals surface area contributed by atoms with Gasteiger partial charge in [0.05, 0.1) is 16.8 Å². The number of benzene rings is 2. The van der Waals surface area contributed by atoms with Crippen molar-refractivity contribution in [3.8, 4) is 5.75 Å². The van der Waals surface area contributed by atoms with Gasteiger partial charge in [-0.1, -0.05) is 17.7 Å². The molecule has 2 aromatic rings. The van der Waals surface area contributed by atoms with Crippen molar-refractivity contribution in [1.29, 1.82) is 0 Å². The molecule has 2 N–H and O–H groups in total. The molecule has 2 rings (SSSR count). The lowest BCUT2D eigenvalue weighted by molar-refractivity contribution is -0.385. The van der Waals surface area contributed by atoms with Gasteiger partial charge in [0.1, 0.15) is 0 Å². The molecule has 0 aliphatic rings. The SMILES string of the molecule is Cc1ccc(NN=Cc2ccc(O)c([N+](=O)[O-])c2)cc1. The lowest BCUT2D eigenvalue weighted by Crippen LogP contribution is -1.93. The molecule has 6 nitrogen and oxygen atoms in total. The van der Waals surface area contributed by atoms with Crippen LogP contribution in [0.4, 0.5) is 11.4 Å². The predicted octanol–water partition coefficient (Wildman–Crippen LogP) is 3.05. The minimum atomic E-state index is -0.639. The first-order valence-corrected chi connectivity index (χ1v) is 5.89. The Balaban J connectivity index is 2.10. The van der Waals surface area contributed by atoms with Crippen LogP contribution < -0.4 is 5.43 Å². The molecule has 102 valence electrons. The molecule has 0 saturated heterocycles. The average molecular weight is 271 g/mol. The van der Waals surface area contributed by atoms with Gasteiger partial charge in [0.2, 0.25) is 0 Å². The quantitative estimate of drug-likeness (QED) is 0.508. The molecular formula is C14H13N3O3. The highest BCUT2D eigenvalue weighted by molar-refractivity contribution is 5.82. The van der Waals surface area contributed by atoms with Gasteiger partial charge in [0.15, 0.2) is 5.75 Å². The van der Waals surface area contributed by atoms with Crippen LogP contribution in [0.5, 0.6) is 5.75 Å². The van der Waals surface area contributed by atoms with Crippen molar-refractivity contribution in [1.82, 2.24) is 0 Å². The van der Waals surface area contributed by atoms with Crippen molar-refractivity contribution in [3.63, 3.8) is 0 Å². The molecule has 0 saturated carbocycles. The molecule has 0 aromatic heterocycles. The number of aromatic hydroxyl groups is 1. The largest absolute Gasteiger partial charge is 0.502 e. The fraction of sp³-hybridized carbons (Fsp3) is 0.0714. The van der Waals surface area contributed by atoms with Gasteiger partial charge in [0.25, 0.3) is 0 Å². The van der Waals surface area contributed by atoms with E-state index in [2.05, 4.69) is 10.5 Å². The van der Waals surface area contributed by atoms with Crippen molar-refractivity contribution in [2.45, 2.75) is 6.92 Å². The zero-order valence-electron chi connectivity index (χ0n) is 10.8. The fourth-order valence-electron chi connectivity index (χ4n) is 1.58. The predicted molar refractivity (Wildman–Crippen MR) is 77.2 cm³/mol. The maximum atomic E-state index is 10.7. The molecule has 0 radical (unpaired) electrons. The Kier molecular flexibility index (Phi) is 3.95. The van der Waals surface area contributed by atoms with Gasteiger partial charge in [-0.3, -0.25) is 15.5 Å². The van der Waals surface area contributed by atoms with Gasteiger partial charge in [-0.2, -0.15) is 5.10 Å². The number of aryl methyl sites for hydroxylation is 1. The lowest BCUT2D eigenvalue weighted by Gasteiger charge is -2.00. The van der Waals surface area contributed by atoms with Crippen molar-refractivity contribution in [2.24, 2.45) is 5.10 Å². The lowest BCUT2D eigenvalue weighted by atomic mass is 10.2. The third-order valence-corrected chi connectivity index (χ3v) is 2.66. The number of hydrogen-bond acceptors (Lipinski definition) is 5. The molecule has 0 heterocycles. The van der Waals surface area contributed by atoms with Gasteiger partial charge in [0, 0.05) is 11.6 Å². The molecule has 2 aromatic carbocycles. The second-order valence-corrected chi connectivity index (χ2v) is 4.24. The Morgan fingerprint density at radius 2 is 1.95 bits per heavy atom. The molecule has 0 bridgehead atoms. The topological polar surface area (TPSA) is 87.8 Å². The molecule has 20 heavy (non-hydrogen) atoms. The number of phenols is 1. The number of rotatable bonds is 4. The zero-order chi connectivity index (χ0) is 14.5. The fourth-order valence-corrected chi connectivity index (χ4v) is 1.58. The molecule has 0 amide bonds. The van der Waals surface area contributed by atoms with Crippen LogP contribution in [0.25, 0.3) is 0 Å². The Hall–Kier alpha value is -2.89. The second kappa shape index (κ2) is 5.83. The minimum absolute atomic E-state index is 0.343. The van der Waals surface area contributed by atoms with Gasteiger partial charge in [-0.05, 0) is 31.2 Å². The first-order chi connectivity index (χ1) is 9.56. The van der Waals surface area contributed by atoms with E-state index < -0.39 is 4.92 Å². The van der Waals surface area contributed by atoms with E-state index in [1.54, 1.807) is 6.07 Å². The van der Waals surface area contributed by atoms with Gasteiger partial charge >= 0.3 is 5.69 Å². The first-order valence-electron chi connectivity index (χ1n) is 5.89. The number of hydrazone groups is 1. The van der Waals surface area contributed by atoms with Crippen LogP contribution in [0.15, 0.2) is 47.6 Å². The van der Waals surface area contributed by atoms with Gasteiger partial charge in [-0.15, -0.1) is 0 Å². The van der Waals surface area contributed by atoms with E-state index in [1.807, 2.05) is 31.2 Å². The Morgan fingerprint density at radius 1 is 1.25 bits per heavy atom. The number of nitro groups is 1. The van der Waals surface area contributed by atoms with Crippen LogP contribution >= 0.6 is 0 Å². The van der Waals surface area contributed by atoms with Crippen molar-refractivity contribution in [3.05, 3.63) is 63.7 Å². The highest BCUT2D eigenvalue weighted by Gasteiger charge is 2.12. The number of nitrogens with zero attached hydrogens (tertiary/aromatic N) is 2. The zero-order valence-corrected chi connectivity index (χ0v) is 10.8. The Morgan fingerprint density at radius 3 is 2.60 bits per heavy atom. The van der Waals surface area contributed by atoms with Gasteiger partial charge in [-0.25, -0.2) is 0 Å². The molecule has 0 atom stereocenters. The summed E-state index contributed by atoms with van der Waals surface area (Å²) in [6.45, 7) is 1.99. The van der Waals surface area contributed by atoms with E-state index in [9.17, 15) is 15.2 Å². The third kappa shape index (κ3) is 3.32. The maximum Gasteiger partial charge on any atom is 0.311 e. The van der Waals surface area contributed by atoms with Crippen LogP contribution in [0.3, 0.4) is 0 Å². The molecule has 0 unspecified atom stereocenters. The van der Waals surface area contributed by atoms with E-state index in [4.69, 9.17) is 0 Å². The summed E-state index contributed by atoms with van der Waals surface area (Å²) in [7, 11) is 0. The summed E-state index contributed by atoms with van der Waals surface area (Å²) in [5.74, 6) is -0.362.